The molecule has 0 radical (unpaired) electrons. The summed E-state index contributed by atoms with van der Waals surface area (Å²) < 4.78 is 0. The SMILES string of the molecule is CC(C)N(CC1CC1)c1nc(N)nc2[nH]ncc12. The number of aromatic amines is 1. The molecule has 1 aliphatic carbocycles. The first kappa shape index (κ1) is 11.3. The van der Waals surface area contributed by atoms with Crippen LogP contribution in [0.15, 0.2) is 6.20 Å². The van der Waals surface area contributed by atoms with Gasteiger partial charge in [0.1, 0.15) is 5.82 Å². The predicted octanol–water partition coefficient (Wildman–Crippen LogP) is 1.56. The van der Waals surface area contributed by atoms with Gasteiger partial charge >= 0.3 is 0 Å². The normalized spacial score (nSPS) is 15.5. The molecule has 0 aliphatic heterocycles. The Morgan fingerprint density at radius 2 is 2.22 bits per heavy atom. The summed E-state index contributed by atoms with van der Waals surface area (Å²) in [6.45, 7) is 5.38. The highest BCUT2D eigenvalue weighted by molar-refractivity contribution is 5.87. The van der Waals surface area contributed by atoms with Gasteiger partial charge in [-0.05, 0) is 32.6 Å². The van der Waals surface area contributed by atoms with Gasteiger partial charge in [0.2, 0.25) is 5.95 Å². The van der Waals surface area contributed by atoms with Crippen LogP contribution < -0.4 is 10.6 Å². The van der Waals surface area contributed by atoms with E-state index >= 15 is 0 Å². The molecule has 0 spiro atoms. The van der Waals surface area contributed by atoms with Crippen molar-refractivity contribution >= 4 is 22.8 Å². The van der Waals surface area contributed by atoms with Crippen LogP contribution in [0.3, 0.4) is 0 Å². The largest absolute Gasteiger partial charge is 0.368 e. The molecule has 3 rings (SSSR count). The summed E-state index contributed by atoms with van der Waals surface area (Å²) in [4.78, 5) is 10.9. The Kier molecular flexibility index (Phi) is 2.57. The number of hydrogen-bond donors (Lipinski definition) is 2. The summed E-state index contributed by atoms with van der Waals surface area (Å²) in [6.07, 6.45) is 4.41. The zero-order chi connectivity index (χ0) is 12.7. The molecular weight excluding hydrogens is 228 g/mol. The number of aromatic nitrogens is 4. The third-order valence-electron chi connectivity index (χ3n) is 3.35. The third kappa shape index (κ3) is 1.98. The quantitative estimate of drug-likeness (QED) is 0.855. The molecule has 1 aliphatic rings. The molecule has 2 heterocycles. The maximum Gasteiger partial charge on any atom is 0.224 e. The zero-order valence-corrected chi connectivity index (χ0v) is 10.7. The van der Waals surface area contributed by atoms with E-state index < -0.39 is 0 Å². The molecule has 96 valence electrons. The topological polar surface area (TPSA) is 83.7 Å². The summed E-state index contributed by atoms with van der Waals surface area (Å²) in [5, 5.41) is 7.83. The number of rotatable bonds is 4. The van der Waals surface area contributed by atoms with E-state index in [0.29, 0.717) is 17.6 Å². The van der Waals surface area contributed by atoms with Crippen molar-refractivity contribution in [1.82, 2.24) is 20.2 Å². The van der Waals surface area contributed by atoms with Crippen LogP contribution in [0.5, 0.6) is 0 Å². The lowest BCUT2D eigenvalue weighted by molar-refractivity contribution is 0.639. The highest BCUT2D eigenvalue weighted by Gasteiger charge is 2.27. The zero-order valence-electron chi connectivity index (χ0n) is 10.7. The van der Waals surface area contributed by atoms with E-state index in [4.69, 9.17) is 5.73 Å². The smallest absolute Gasteiger partial charge is 0.224 e. The van der Waals surface area contributed by atoms with E-state index in [-0.39, 0.29) is 0 Å². The fourth-order valence-electron chi connectivity index (χ4n) is 2.18. The highest BCUT2D eigenvalue weighted by Crippen LogP contribution is 2.33. The number of nitrogen functional groups attached to an aromatic ring is 1. The van der Waals surface area contributed by atoms with Gasteiger partial charge in [0, 0.05) is 12.6 Å². The first-order valence-corrected chi connectivity index (χ1v) is 6.38. The highest BCUT2D eigenvalue weighted by atomic mass is 15.3. The average molecular weight is 246 g/mol. The van der Waals surface area contributed by atoms with E-state index in [1.165, 1.54) is 12.8 Å². The van der Waals surface area contributed by atoms with E-state index in [1.54, 1.807) is 6.20 Å². The maximum atomic E-state index is 5.77. The number of fused-ring (bicyclic) bond motifs is 1. The van der Waals surface area contributed by atoms with Crippen LogP contribution in [0.4, 0.5) is 11.8 Å². The van der Waals surface area contributed by atoms with Gasteiger partial charge in [-0.3, -0.25) is 5.10 Å². The van der Waals surface area contributed by atoms with Crippen LogP contribution in [0.1, 0.15) is 26.7 Å². The van der Waals surface area contributed by atoms with Gasteiger partial charge in [-0.25, -0.2) is 0 Å². The van der Waals surface area contributed by atoms with Gasteiger partial charge in [0.05, 0.1) is 11.6 Å². The molecule has 2 aromatic rings. The Hall–Kier alpha value is -1.85. The van der Waals surface area contributed by atoms with Crippen LogP contribution in [-0.2, 0) is 0 Å². The maximum absolute atomic E-state index is 5.77. The minimum Gasteiger partial charge on any atom is -0.368 e. The van der Waals surface area contributed by atoms with Crippen LogP contribution in [0, 0.1) is 5.92 Å². The molecule has 6 nitrogen and oxygen atoms in total. The van der Waals surface area contributed by atoms with E-state index in [0.717, 1.165) is 23.7 Å². The first-order valence-electron chi connectivity index (χ1n) is 6.38. The molecule has 18 heavy (non-hydrogen) atoms. The summed E-state index contributed by atoms with van der Waals surface area (Å²) in [5.41, 5.74) is 6.48. The van der Waals surface area contributed by atoms with Crippen LogP contribution in [0.25, 0.3) is 11.0 Å². The molecule has 2 aromatic heterocycles. The minimum absolute atomic E-state index is 0.295. The molecule has 0 aromatic carbocycles. The standard InChI is InChI=1S/C12H18N6/c1-7(2)18(6-8-3-4-8)11-9-5-14-17-10(9)15-12(13)16-11/h5,7-8H,3-4,6H2,1-2H3,(H3,13,14,15,16,17). The molecular formula is C12H18N6. The number of anilines is 2. The molecule has 0 amide bonds. The summed E-state index contributed by atoms with van der Waals surface area (Å²) in [5.74, 6) is 1.99. The van der Waals surface area contributed by atoms with Gasteiger partial charge in [-0.15, -0.1) is 0 Å². The van der Waals surface area contributed by atoms with Crippen molar-refractivity contribution in [1.29, 1.82) is 0 Å². The number of nitrogens with zero attached hydrogens (tertiary/aromatic N) is 4. The van der Waals surface area contributed by atoms with E-state index in [1.807, 2.05) is 0 Å². The average Bonchev–Trinajstić information content (AvgIpc) is 3.01. The number of nitrogens with one attached hydrogen (secondary N) is 1. The monoisotopic (exact) mass is 246 g/mol. The van der Waals surface area contributed by atoms with Crippen molar-refractivity contribution in [2.24, 2.45) is 5.92 Å². The minimum atomic E-state index is 0.295. The van der Waals surface area contributed by atoms with E-state index in [2.05, 4.69) is 38.9 Å². The Balaban J connectivity index is 2.05. The lowest BCUT2D eigenvalue weighted by atomic mass is 10.2. The van der Waals surface area contributed by atoms with Gasteiger partial charge in [0.15, 0.2) is 5.65 Å². The molecule has 1 saturated carbocycles. The molecule has 0 saturated heterocycles. The van der Waals surface area contributed by atoms with Crippen molar-refractivity contribution in [3.05, 3.63) is 6.20 Å². The number of H-pyrrole nitrogens is 1. The Morgan fingerprint density at radius 1 is 1.44 bits per heavy atom. The van der Waals surface area contributed by atoms with Crippen molar-refractivity contribution < 1.29 is 0 Å². The molecule has 0 atom stereocenters. The summed E-state index contributed by atoms with van der Waals surface area (Å²) in [6, 6.07) is 0.387. The third-order valence-corrected chi connectivity index (χ3v) is 3.35. The molecule has 0 unspecified atom stereocenters. The second-order valence-corrected chi connectivity index (χ2v) is 5.23. The first-order chi connectivity index (χ1) is 8.65. The van der Waals surface area contributed by atoms with Gasteiger partial charge < -0.3 is 10.6 Å². The number of hydrogen-bond acceptors (Lipinski definition) is 5. The van der Waals surface area contributed by atoms with Crippen molar-refractivity contribution in [2.45, 2.75) is 32.7 Å². The molecule has 1 fully saturated rings. The van der Waals surface area contributed by atoms with Crippen molar-refractivity contribution in [3.63, 3.8) is 0 Å². The van der Waals surface area contributed by atoms with Gasteiger partial charge in [-0.2, -0.15) is 15.1 Å². The second-order valence-electron chi connectivity index (χ2n) is 5.23. The van der Waals surface area contributed by atoms with Crippen LogP contribution >= 0.6 is 0 Å². The lowest BCUT2D eigenvalue weighted by Crippen LogP contribution is -2.33. The van der Waals surface area contributed by atoms with Crippen LogP contribution in [-0.4, -0.2) is 32.8 Å². The fourth-order valence-corrected chi connectivity index (χ4v) is 2.18. The Labute approximate surface area is 106 Å². The van der Waals surface area contributed by atoms with Crippen molar-refractivity contribution in [2.75, 3.05) is 17.2 Å². The Bertz CT molecular complexity index is 557. The fraction of sp³-hybridized carbons (Fsp3) is 0.583. The second kappa shape index (κ2) is 4.12. The summed E-state index contributed by atoms with van der Waals surface area (Å²) >= 11 is 0. The summed E-state index contributed by atoms with van der Waals surface area (Å²) in [7, 11) is 0. The molecule has 6 heteroatoms. The van der Waals surface area contributed by atoms with Gasteiger partial charge in [0.25, 0.3) is 0 Å². The van der Waals surface area contributed by atoms with Gasteiger partial charge in [-0.1, -0.05) is 0 Å². The number of nitrogens with two attached hydrogens (primary N) is 1. The molecule has 0 bridgehead atoms. The molecule has 3 N–H and O–H groups in total. The van der Waals surface area contributed by atoms with Crippen LogP contribution in [0.2, 0.25) is 0 Å². The van der Waals surface area contributed by atoms with E-state index in [9.17, 15) is 0 Å². The van der Waals surface area contributed by atoms with Crippen molar-refractivity contribution in [3.8, 4) is 0 Å². The lowest BCUT2D eigenvalue weighted by Gasteiger charge is -2.28. The predicted molar refractivity (Wildman–Crippen MR) is 71.3 cm³/mol. The Morgan fingerprint density at radius 3 is 2.89 bits per heavy atom.